The lowest BCUT2D eigenvalue weighted by Gasteiger charge is -2.54. The molecule has 2 fully saturated rings. The molecule has 1 aromatic rings. The van der Waals surface area contributed by atoms with Crippen LogP contribution in [-0.4, -0.2) is 41.9 Å². The first-order valence-electron chi connectivity index (χ1n) is 11.1. The van der Waals surface area contributed by atoms with Crippen LogP contribution in [0.25, 0.3) is 0 Å². The molecular formula is C23H34F3N3O2. The minimum absolute atomic E-state index is 0.00917. The van der Waals surface area contributed by atoms with Crippen LogP contribution >= 0.6 is 0 Å². The zero-order valence-corrected chi connectivity index (χ0v) is 18.6. The van der Waals surface area contributed by atoms with Gasteiger partial charge in [-0.3, -0.25) is 0 Å². The van der Waals surface area contributed by atoms with Gasteiger partial charge in [0, 0.05) is 30.9 Å². The Labute approximate surface area is 182 Å². The molecule has 0 aromatic heterocycles. The van der Waals surface area contributed by atoms with E-state index in [1.54, 1.807) is 0 Å². The van der Waals surface area contributed by atoms with Crippen molar-refractivity contribution < 1.29 is 23.1 Å². The smallest absolute Gasteiger partial charge is 0.416 e. The van der Waals surface area contributed by atoms with Gasteiger partial charge in [-0.2, -0.15) is 13.2 Å². The van der Waals surface area contributed by atoms with Crippen LogP contribution in [0.3, 0.4) is 0 Å². The molecule has 3 unspecified atom stereocenters. The van der Waals surface area contributed by atoms with E-state index in [9.17, 15) is 23.1 Å². The number of alkyl halides is 3. The Balaban J connectivity index is 1.74. The molecule has 31 heavy (non-hydrogen) atoms. The Hall–Kier alpha value is -1.96. The maximum absolute atomic E-state index is 12.9. The van der Waals surface area contributed by atoms with Crippen molar-refractivity contribution in [2.45, 2.75) is 83.1 Å². The van der Waals surface area contributed by atoms with E-state index < -0.39 is 23.4 Å². The second kappa shape index (κ2) is 8.88. The van der Waals surface area contributed by atoms with Crippen molar-refractivity contribution in [1.82, 2.24) is 10.6 Å². The van der Waals surface area contributed by atoms with E-state index in [2.05, 4.69) is 36.3 Å². The van der Waals surface area contributed by atoms with Gasteiger partial charge in [0.2, 0.25) is 0 Å². The van der Waals surface area contributed by atoms with Crippen LogP contribution in [0, 0.1) is 5.41 Å². The van der Waals surface area contributed by atoms with Crippen LogP contribution < -0.4 is 15.5 Å². The monoisotopic (exact) mass is 441 g/mol. The number of amides is 1. The average Bonchev–Trinajstić information content (AvgIpc) is 2.68. The van der Waals surface area contributed by atoms with Gasteiger partial charge < -0.3 is 20.6 Å². The molecular weight excluding hydrogens is 407 g/mol. The number of anilines is 1. The van der Waals surface area contributed by atoms with Crippen molar-refractivity contribution in [3.8, 4) is 0 Å². The number of rotatable bonds is 4. The molecule has 1 saturated carbocycles. The SMILES string of the molecule is CC(C)(C)C1(NC(=O)O)CCCCC1NC1CCCN(c2ccc(C(F)(F)F)cc2)C1. The van der Waals surface area contributed by atoms with Crippen molar-refractivity contribution >= 4 is 11.8 Å². The van der Waals surface area contributed by atoms with Gasteiger partial charge in [-0.1, -0.05) is 33.6 Å². The van der Waals surface area contributed by atoms with Gasteiger partial charge in [0.05, 0.1) is 11.1 Å². The van der Waals surface area contributed by atoms with E-state index in [1.165, 1.54) is 12.1 Å². The molecule has 3 rings (SSSR count). The molecule has 174 valence electrons. The third-order valence-corrected chi connectivity index (χ3v) is 7.00. The first kappa shape index (κ1) is 23.7. The fourth-order valence-corrected chi connectivity index (χ4v) is 5.32. The Kier molecular flexibility index (Phi) is 6.79. The number of hydrogen-bond donors (Lipinski definition) is 3. The van der Waals surface area contributed by atoms with Gasteiger partial charge in [0.15, 0.2) is 0 Å². The van der Waals surface area contributed by atoms with Gasteiger partial charge in [-0.15, -0.1) is 0 Å². The fourth-order valence-electron chi connectivity index (χ4n) is 5.32. The largest absolute Gasteiger partial charge is 0.465 e. The first-order valence-corrected chi connectivity index (χ1v) is 11.1. The highest BCUT2D eigenvalue weighted by molar-refractivity contribution is 5.66. The van der Waals surface area contributed by atoms with Crippen LogP contribution in [-0.2, 0) is 6.18 Å². The van der Waals surface area contributed by atoms with Gasteiger partial charge in [-0.05, 0) is 55.4 Å². The molecule has 8 heteroatoms. The van der Waals surface area contributed by atoms with E-state index in [0.717, 1.165) is 62.9 Å². The van der Waals surface area contributed by atoms with Crippen molar-refractivity contribution in [2.75, 3.05) is 18.0 Å². The standard InChI is InChI=1S/C23H34F3N3O2/c1-21(2,3)22(28-20(30)31)13-5-4-8-19(22)27-17-7-6-14-29(15-17)18-11-9-16(10-12-18)23(24,25)26/h9-12,17,19,27-28H,4-8,13-15H2,1-3H3,(H,30,31). The van der Waals surface area contributed by atoms with Gasteiger partial charge >= 0.3 is 12.3 Å². The molecule has 1 aliphatic carbocycles. The zero-order chi connectivity index (χ0) is 22.9. The summed E-state index contributed by atoms with van der Waals surface area (Å²) in [6.07, 6.45) is 0.271. The van der Waals surface area contributed by atoms with Gasteiger partial charge in [-0.25, -0.2) is 4.79 Å². The van der Waals surface area contributed by atoms with Crippen LogP contribution in [0.5, 0.6) is 0 Å². The van der Waals surface area contributed by atoms with Gasteiger partial charge in [0.25, 0.3) is 0 Å². The Morgan fingerprint density at radius 2 is 1.77 bits per heavy atom. The van der Waals surface area contributed by atoms with Crippen molar-refractivity contribution in [1.29, 1.82) is 0 Å². The molecule has 1 aromatic carbocycles. The molecule has 1 aliphatic heterocycles. The summed E-state index contributed by atoms with van der Waals surface area (Å²) in [5.74, 6) is 0. The third-order valence-electron chi connectivity index (χ3n) is 7.00. The molecule has 1 heterocycles. The minimum Gasteiger partial charge on any atom is -0.465 e. The van der Waals surface area contributed by atoms with Gasteiger partial charge in [0.1, 0.15) is 0 Å². The topological polar surface area (TPSA) is 64.6 Å². The van der Waals surface area contributed by atoms with Crippen LogP contribution in [0.2, 0.25) is 0 Å². The number of piperidine rings is 1. The van der Waals surface area contributed by atoms with Crippen LogP contribution in [0.15, 0.2) is 24.3 Å². The number of benzene rings is 1. The lowest BCUT2D eigenvalue weighted by molar-refractivity contribution is -0.137. The molecule has 0 spiro atoms. The number of hydrogen-bond acceptors (Lipinski definition) is 3. The summed E-state index contributed by atoms with van der Waals surface area (Å²) in [6, 6.07) is 5.50. The minimum atomic E-state index is -4.33. The van der Waals surface area contributed by atoms with E-state index in [0.29, 0.717) is 6.54 Å². The fraction of sp³-hybridized carbons (Fsp3) is 0.696. The first-order chi connectivity index (χ1) is 14.4. The molecule has 3 atom stereocenters. The highest BCUT2D eigenvalue weighted by atomic mass is 19.4. The molecule has 2 aliphatic rings. The summed E-state index contributed by atoms with van der Waals surface area (Å²) < 4.78 is 38.6. The number of halogens is 3. The quantitative estimate of drug-likeness (QED) is 0.597. The third kappa shape index (κ3) is 5.27. The van der Waals surface area contributed by atoms with Crippen LogP contribution in [0.4, 0.5) is 23.7 Å². The summed E-state index contributed by atoms with van der Waals surface area (Å²) in [7, 11) is 0. The number of nitrogens with zero attached hydrogens (tertiary/aromatic N) is 1. The number of carbonyl (C=O) groups is 1. The molecule has 5 nitrogen and oxygen atoms in total. The Bertz CT molecular complexity index is 761. The van der Waals surface area contributed by atoms with Crippen molar-refractivity contribution in [3.05, 3.63) is 29.8 Å². The molecule has 0 bridgehead atoms. The van der Waals surface area contributed by atoms with E-state index in [4.69, 9.17) is 0 Å². The van der Waals surface area contributed by atoms with E-state index in [1.807, 2.05) is 0 Å². The second-order valence-corrected chi connectivity index (χ2v) is 9.95. The van der Waals surface area contributed by atoms with Crippen molar-refractivity contribution in [2.24, 2.45) is 5.41 Å². The number of carboxylic acid groups (broad SMARTS) is 1. The maximum Gasteiger partial charge on any atom is 0.416 e. The Morgan fingerprint density at radius 3 is 2.35 bits per heavy atom. The van der Waals surface area contributed by atoms with Crippen molar-refractivity contribution in [3.63, 3.8) is 0 Å². The van der Waals surface area contributed by atoms with Crippen LogP contribution in [0.1, 0.15) is 64.9 Å². The molecule has 1 saturated heterocycles. The van der Waals surface area contributed by atoms with E-state index in [-0.39, 0.29) is 17.5 Å². The predicted molar refractivity (Wildman–Crippen MR) is 115 cm³/mol. The average molecular weight is 442 g/mol. The summed E-state index contributed by atoms with van der Waals surface area (Å²) in [4.78, 5) is 13.8. The molecule has 1 amide bonds. The second-order valence-electron chi connectivity index (χ2n) is 9.95. The Morgan fingerprint density at radius 1 is 1.10 bits per heavy atom. The molecule has 3 N–H and O–H groups in total. The summed E-state index contributed by atoms with van der Waals surface area (Å²) in [5.41, 5.74) is -0.673. The molecule has 0 radical (unpaired) electrons. The number of nitrogens with one attached hydrogen (secondary N) is 2. The highest BCUT2D eigenvalue weighted by Crippen LogP contribution is 2.42. The highest BCUT2D eigenvalue weighted by Gasteiger charge is 2.50. The maximum atomic E-state index is 12.9. The normalized spacial score (nSPS) is 27.7. The zero-order valence-electron chi connectivity index (χ0n) is 18.6. The predicted octanol–water partition coefficient (Wildman–Crippen LogP) is 5.26. The summed E-state index contributed by atoms with van der Waals surface area (Å²) >= 11 is 0. The van der Waals surface area contributed by atoms with E-state index >= 15 is 0 Å². The summed E-state index contributed by atoms with van der Waals surface area (Å²) in [5, 5.41) is 16.2. The lowest BCUT2D eigenvalue weighted by Crippen LogP contribution is -2.70. The lowest BCUT2D eigenvalue weighted by atomic mass is 9.62. The summed E-state index contributed by atoms with van der Waals surface area (Å²) in [6.45, 7) is 7.73.